The van der Waals surface area contributed by atoms with E-state index in [0.717, 1.165) is 37.9 Å². The monoisotopic (exact) mass is 300 g/mol. The zero-order valence-corrected chi connectivity index (χ0v) is 13.5. The molecular weight excluding hydrogens is 276 g/mol. The van der Waals surface area contributed by atoms with E-state index in [1.54, 1.807) is 0 Å². The van der Waals surface area contributed by atoms with Crippen LogP contribution in [0.25, 0.3) is 0 Å². The number of benzene rings is 1. The van der Waals surface area contributed by atoms with Gasteiger partial charge in [0.25, 0.3) is 0 Å². The Labute approximate surface area is 132 Å². The van der Waals surface area contributed by atoms with Gasteiger partial charge in [-0.2, -0.15) is 0 Å². The third kappa shape index (κ3) is 2.74. The number of nitrogens with zero attached hydrogens (tertiary/aromatic N) is 2. The predicted octanol–water partition coefficient (Wildman–Crippen LogP) is 2.01. The predicted molar refractivity (Wildman–Crippen MR) is 85.4 cm³/mol. The minimum absolute atomic E-state index is 0.144. The Balaban J connectivity index is 1.68. The molecule has 22 heavy (non-hydrogen) atoms. The summed E-state index contributed by atoms with van der Waals surface area (Å²) >= 11 is 0. The van der Waals surface area contributed by atoms with Crippen molar-refractivity contribution in [1.82, 2.24) is 9.80 Å². The molecule has 0 aliphatic carbocycles. The van der Waals surface area contributed by atoms with E-state index in [1.165, 1.54) is 5.56 Å². The van der Waals surface area contributed by atoms with Gasteiger partial charge in [-0.05, 0) is 31.7 Å². The summed E-state index contributed by atoms with van der Waals surface area (Å²) in [5, 5.41) is 0. The van der Waals surface area contributed by atoms with Gasteiger partial charge in [-0.1, -0.05) is 29.8 Å². The van der Waals surface area contributed by atoms with E-state index in [-0.39, 0.29) is 17.2 Å². The normalized spacial score (nSPS) is 25.1. The molecule has 0 N–H and O–H groups in total. The van der Waals surface area contributed by atoms with E-state index in [4.69, 9.17) is 0 Å². The number of carbonyl (C=O) groups excluding carboxylic acids is 2. The summed E-state index contributed by atoms with van der Waals surface area (Å²) in [6, 6.07) is 8.11. The van der Waals surface area contributed by atoms with E-state index >= 15 is 0 Å². The highest BCUT2D eigenvalue weighted by molar-refractivity contribution is 5.86. The van der Waals surface area contributed by atoms with E-state index in [1.807, 2.05) is 48.0 Å². The van der Waals surface area contributed by atoms with Crippen LogP contribution in [0.2, 0.25) is 0 Å². The molecule has 2 amide bonds. The minimum atomic E-state index is -0.310. The molecule has 0 aromatic heterocycles. The van der Waals surface area contributed by atoms with Crippen LogP contribution in [0, 0.1) is 12.3 Å². The van der Waals surface area contributed by atoms with Crippen LogP contribution in [0.4, 0.5) is 0 Å². The molecule has 2 aliphatic rings. The first-order chi connectivity index (χ1) is 10.5. The summed E-state index contributed by atoms with van der Waals surface area (Å²) in [7, 11) is 1.87. The average molecular weight is 300 g/mol. The fourth-order valence-electron chi connectivity index (χ4n) is 3.71. The maximum atomic E-state index is 12.6. The first-order valence-electron chi connectivity index (χ1n) is 8.09. The summed E-state index contributed by atoms with van der Waals surface area (Å²) < 4.78 is 0. The maximum Gasteiger partial charge on any atom is 0.230 e. The molecule has 1 aromatic rings. The number of amides is 2. The number of hydrogen-bond acceptors (Lipinski definition) is 2. The average Bonchev–Trinajstić information content (AvgIpc) is 2.78. The van der Waals surface area contributed by atoms with Gasteiger partial charge in [0.15, 0.2) is 0 Å². The highest BCUT2D eigenvalue weighted by Gasteiger charge is 2.48. The number of piperidine rings is 1. The summed E-state index contributed by atoms with van der Waals surface area (Å²) in [6.07, 6.45) is 3.17. The largest absolute Gasteiger partial charge is 0.345 e. The third-order valence-corrected chi connectivity index (χ3v) is 5.13. The van der Waals surface area contributed by atoms with Crippen molar-refractivity contribution >= 4 is 11.8 Å². The van der Waals surface area contributed by atoms with Crippen LogP contribution in [-0.4, -0.2) is 48.3 Å². The summed E-state index contributed by atoms with van der Waals surface area (Å²) in [6.45, 7) is 4.24. The van der Waals surface area contributed by atoms with Crippen LogP contribution in [0.3, 0.4) is 0 Å². The fraction of sp³-hybridized carbons (Fsp3) is 0.556. The minimum Gasteiger partial charge on any atom is -0.345 e. The Morgan fingerprint density at radius 2 is 1.91 bits per heavy atom. The van der Waals surface area contributed by atoms with Gasteiger partial charge in [-0.15, -0.1) is 0 Å². The number of rotatable bonds is 2. The SMILES string of the molecule is Cc1ccc(CC(=O)N2CCC[C@@]3(CCN(C)C3=O)C2)cc1. The van der Waals surface area contributed by atoms with Gasteiger partial charge in [0.2, 0.25) is 11.8 Å². The van der Waals surface area contributed by atoms with Crippen molar-refractivity contribution < 1.29 is 9.59 Å². The molecular formula is C18H24N2O2. The third-order valence-electron chi connectivity index (χ3n) is 5.13. The fourth-order valence-corrected chi connectivity index (χ4v) is 3.71. The zero-order valence-electron chi connectivity index (χ0n) is 13.5. The molecule has 3 rings (SSSR count). The summed E-state index contributed by atoms with van der Waals surface area (Å²) in [5.74, 6) is 0.366. The van der Waals surface area contributed by atoms with Crippen molar-refractivity contribution in [3.8, 4) is 0 Å². The van der Waals surface area contributed by atoms with Crippen molar-refractivity contribution in [2.45, 2.75) is 32.6 Å². The second-order valence-corrected chi connectivity index (χ2v) is 6.84. The van der Waals surface area contributed by atoms with Crippen LogP contribution < -0.4 is 0 Å². The van der Waals surface area contributed by atoms with E-state index < -0.39 is 0 Å². The number of hydrogen-bond donors (Lipinski definition) is 0. The highest BCUT2D eigenvalue weighted by Crippen LogP contribution is 2.39. The van der Waals surface area contributed by atoms with Crippen LogP contribution in [0.1, 0.15) is 30.4 Å². The second kappa shape index (κ2) is 5.75. The molecule has 0 saturated carbocycles. The van der Waals surface area contributed by atoms with E-state index in [2.05, 4.69) is 0 Å². The zero-order chi connectivity index (χ0) is 15.7. The Kier molecular flexibility index (Phi) is 3.94. The molecule has 2 heterocycles. The molecule has 1 atom stereocenters. The molecule has 2 saturated heterocycles. The van der Waals surface area contributed by atoms with E-state index in [9.17, 15) is 9.59 Å². The Hall–Kier alpha value is -1.84. The van der Waals surface area contributed by atoms with Gasteiger partial charge in [0.05, 0.1) is 11.8 Å². The maximum absolute atomic E-state index is 12.6. The number of aryl methyl sites for hydroxylation is 1. The lowest BCUT2D eigenvalue weighted by Gasteiger charge is -2.39. The van der Waals surface area contributed by atoms with E-state index in [0.29, 0.717) is 13.0 Å². The number of carbonyl (C=O) groups is 2. The van der Waals surface area contributed by atoms with Crippen LogP contribution >= 0.6 is 0 Å². The molecule has 0 bridgehead atoms. The van der Waals surface area contributed by atoms with Crippen molar-refractivity contribution in [2.75, 3.05) is 26.7 Å². The van der Waals surface area contributed by atoms with Crippen LogP contribution in [0.15, 0.2) is 24.3 Å². The molecule has 2 fully saturated rings. The summed E-state index contributed by atoms with van der Waals surface area (Å²) in [4.78, 5) is 28.7. The molecule has 1 spiro atoms. The van der Waals surface area contributed by atoms with Gasteiger partial charge in [0, 0.05) is 26.7 Å². The Morgan fingerprint density at radius 1 is 1.18 bits per heavy atom. The van der Waals surface area contributed by atoms with Gasteiger partial charge in [-0.25, -0.2) is 0 Å². The van der Waals surface area contributed by atoms with Gasteiger partial charge >= 0.3 is 0 Å². The lowest BCUT2D eigenvalue weighted by Crippen LogP contribution is -2.49. The highest BCUT2D eigenvalue weighted by atomic mass is 16.2. The quantitative estimate of drug-likeness (QED) is 0.838. The molecule has 1 aromatic carbocycles. The van der Waals surface area contributed by atoms with Crippen molar-refractivity contribution in [3.63, 3.8) is 0 Å². The van der Waals surface area contributed by atoms with Gasteiger partial charge in [0.1, 0.15) is 0 Å². The smallest absolute Gasteiger partial charge is 0.230 e. The molecule has 118 valence electrons. The lowest BCUT2D eigenvalue weighted by molar-refractivity contribution is -0.142. The molecule has 2 aliphatic heterocycles. The van der Waals surface area contributed by atoms with Crippen LogP contribution in [0.5, 0.6) is 0 Å². The molecule has 4 heteroatoms. The first kappa shape index (κ1) is 15.1. The van der Waals surface area contributed by atoms with Crippen molar-refractivity contribution in [2.24, 2.45) is 5.41 Å². The molecule has 0 unspecified atom stereocenters. The molecule has 0 radical (unpaired) electrons. The first-order valence-corrected chi connectivity index (χ1v) is 8.09. The topological polar surface area (TPSA) is 40.6 Å². The second-order valence-electron chi connectivity index (χ2n) is 6.84. The van der Waals surface area contributed by atoms with Crippen LogP contribution in [-0.2, 0) is 16.0 Å². The standard InChI is InChI=1S/C18H24N2O2/c1-14-4-6-15(7-5-14)12-16(21)20-10-3-8-18(13-20)9-11-19(2)17(18)22/h4-7H,3,8-13H2,1-2H3/t18-/m1/s1. The van der Waals surface area contributed by atoms with Crippen molar-refractivity contribution in [1.29, 1.82) is 0 Å². The molecule has 4 nitrogen and oxygen atoms in total. The van der Waals surface area contributed by atoms with Crippen molar-refractivity contribution in [3.05, 3.63) is 35.4 Å². The Morgan fingerprint density at radius 3 is 2.55 bits per heavy atom. The summed E-state index contributed by atoms with van der Waals surface area (Å²) in [5.41, 5.74) is 1.94. The van der Waals surface area contributed by atoms with Gasteiger partial charge in [-0.3, -0.25) is 9.59 Å². The van der Waals surface area contributed by atoms with Gasteiger partial charge < -0.3 is 9.80 Å². The Bertz CT molecular complexity index is 577. The lowest BCUT2D eigenvalue weighted by atomic mass is 9.78. The number of likely N-dealkylation sites (tertiary alicyclic amines) is 2.